The van der Waals surface area contributed by atoms with Crippen LogP contribution in [0.1, 0.15) is 26.7 Å². The predicted molar refractivity (Wildman–Crippen MR) is 74.9 cm³/mol. The SMILES string of the molecule is CC(C)CCCn1ncc(N(C)CCN)cc1=O. The zero-order chi connectivity index (χ0) is 13.5. The summed E-state index contributed by atoms with van der Waals surface area (Å²) in [5.74, 6) is 0.663. The van der Waals surface area contributed by atoms with Crippen molar-refractivity contribution in [2.45, 2.75) is 33.2 Å². The summed E-state index contributed by atoms with van der Waals surface area (Å²) in [6, 6.07) is 1.62. The molecule has 2 N–H and O–H groups in total. The van der Waals surface area contributed by atoms with E-state index in [0.29, 0.717) is 19.0 Å². The summed E-state index contributed by atoms with van der Waals surface area (Å²) < 4.78 is 1.53. The van der Waals surface area contributed by atoms with Gasteiger partial charge in [-0.3, -0.25) is 4.79 Å². The third kappa shape index (κ3) is 4.49. The third-order valence-corrected chi connectivity index (χ3v) is 2.91. The molecule has 0 aliphatic rings. The molecule has 1 heterocycles. The van der Waals surface area contributed by atoms with Crippen LogP contribution < -0.4 is 16.2 Å². The van der Waals surface area contributed by atoms with Crippen molar-refractivity contribution in [2.75, 3.05) is 25.0 Å². The minimum absolute atomic E-state index is 0.0415. The molecular weight excluding hydrogens is 228 g/mol. The number of nitrogens with two attached hydrogens (primary N) is 1. The molecule has 1 aromatic heterocycles. The first-order valence-electron chi connectivity index (χ1n) is 6.53. The molecule has 0 atom stereocenters. The highest BCUT2D eigenvalue weighted by molar-refractivity contribution is 5.41. The lowest BCUT2D eigenvalue weighted by Crippen LogP contribution is -2.29. The summed E-state index contributed by atoms with van der Waals surface area (Å²) in [6.45, 7) is 6.34. The molecule has 5 nitrogen and oxygen atoms in total. The standard InChI is InChI=1S/C13H24N4O/c1-11(2)5-4-7-17-13(18)9-12(10-15-17)16(3)8-6-14/h9-11H,4-8,14H2,1-3H3. The fourth-order valence-corrected chi connectivity index (χ4v) is 1.77. The van der Waals surface area contributed by atoms with Gasteiger partial charge >= 0.3 is 0 Å². The Balaban J connectivity index is 2.65. The van der Waals surface area contributed by atoms with Crippen LogP contribution in [0.2, 0.25) is 0 Å². The summed E-state index contributed by atoms with van der Waals surface area (Å²) in [5.41, 5.74) is 6.27. The number of aryl methyl sites for hydroxylation is 1. The molecule has 0 bridgehead atoms. The Morgan fingerprint density at radius 2 is 2.22 bits per heavy atom. The van der Waals surface area contributed by atoms with Crippen LogP contribution in [-0.2, 0) is 6.54 Å². The van der Waals surface area contributed by atoms with Crippen LogP contribution in [0, 0.1) is 5.92 Å². The second-order valence-corrected chi connectivity index (χ2v) is 5.02. The van der Waals surface area contributed by atoms with E-state index in [-0.39, 0.29) is 5.56 Å². The molecule has 1 rings (SSSR count). The molecule has 0 unspecified atom stereocenters. The Morgan fingerprint density at radius 3 is 2.78 bits per heavy atom. The molecule has 5 heteroatoms. The van der Waals surface area contributed by atoms with Crippen LogP contribution in [0.4, 0.5) is 5.69 Å². The summed E-state index contributed by atoms with van der Waals surface area (Å²) in [5, 5.41) is 4.20. The minimum atomic E-state index is -0.0415. The highest BCUT2D eigenvalue weighted by atomic mass is 16.1. The predicted octanol–water partition coefficient (Wildman–Crippen LogP) is 1.07. The van der Waals surface area contributed by atoms with Gasteiger partial charge in [0.1, 0.15) is 0 Å². The van der Waals surface area contributed by atoms with E-state index in [1.165, 1.54) is 4.68 Å². The second kappa shape index (κ2) is 7.16. The lowest BCUT2D eigenvalue weighted by Gasteiger charge is -2.17. The van der Waals surface area contributed by atoms with Gasteiger partial charge in [-0.25, -0.2) is 4.68 Å². The highest BCUT2D eigenvalue weighted by Crippen LogP contribution is 2.07. The first kappa shape index (κ1) is 14.7. The van der Waals surface area contributed by atoms with Crippen molar-refractivity contribution in [2.24, 2.45) is 11.7 Å². The molecule has 0 radical (unpaired) electrons. The monoisotopic (exact) mass is 252 g/mol. The fourth-order valence-electron chi connectivity index (χ4n) is 1.77. The maximum Gasteiger partial charge on any atom is 0.268 e. The molecular formula is C13H24N4O. The minimum Gasteiger partial charge on any atom is -0.372 e. The van der Waals surface area contributed by atoms with Crippen molar-refractivity contribution in [3.63, 3.8) is 0 Å². The number of hydrogen-bond acceptors (Lipinski definition) is 4. The molecule has 1 aromatic rings. The number of nitrogens with zero attached hydrogens (tertiary/aromatic N) is 3. The maximum absolute atomic E-state index is 11.9. The smallest absolute Gasteiger partial charge is 0.268 e. The average molecular weight is 252 g/mol. The lowest BCUT2D eigenvalue weighted by molar-refractivity contribution is 0.476. The number of rotatable bonds is 7. The molecule has 0 saturated heterocycles. The van der Waals surface area contributed by atoms with E-state index in [0.717, 1.165) is 25.1 Å². The van der Waals surface area contributed by atoms with Crippen LogP contribution in [0.5, 0.6) is 0 Å². The quantitative estimate of drug-likeness (QED) is 0.788. The molecule has 0 saturated carbocycles. The van der Waals surface area contributed by atoms with E-state index in [2.05, 4.69) is 18.9 Å². The molecule has 0 amide bonds. The zero-order valence-corrected chi connectivity index (χ0v) is 11.6. The van der Waals surface area contributed by atoms with Gasteiger partial charge in [-0.15, -0.1) is 0 Å². The Labute approximate surface area is 109 Å². The van der Waals surface area contributed by atoms with Gasteiger partial charge in [0.15, 0.2) is 0 Å². The Kier molecular flexibility index (Phi) is 5.85. The highest BCUT2D eigenvalue weighted by Gasteiger charge is 2.04. The van der Waals surface area contributed by atoms with E-state index in [4.69, 9.17) is 5.73 Å². The Bertz CT molecular complexity index is 414. The summed E-state index contributed by atoms with van der Waals surface area (Å²) >= 11 is 0. The number of anilines is 1. The van der Waals surface area contributed by atoms with Crippen molar-refractivity contribution in [1.82, 2.24) is 9.78 Å². The fraction of sp³-hybridized carbons (Fsp3) is 0.692. The number of hydrogen-bond donors (Lipinski definition) is 1. The molecule has 0 aliphatic carbocycles. The van der Waals surface area contributed by atoms with Crippen molar-refractivity contribution < 1.29 is 0 Å². The molecule has 0 spiro atoms. The summed E-state index contributed by atoms with van der Waals surface area (Å²) in [4.78, 5) is 13.8. The van der Waals surface area contributed by atoms with Crippen LogP contribution in [0.15, 0.2) is 17.1 Å². The van der Waals surface area contributed by atoms with E-state index in [9.17, 15) is 4.79 Å². The van der Waals surface area contributed by atoms with Crippen LogP contribution in [0.25, 0.3) is 0 Å². The van der Waals surface area contributed by atoms with Crippen LogP contribution in [-0.4, -0.2) is 29.9 Å². The van der Waals surface area contributed by atoms with Gasteiger partial charge in [0, 0.05) is 32.7 Å². The Morgan fingerprint density at radius 1 is 1.50 bits per heavy atom. The van der Waals surface area contributed by atoms with Gasteiger partial charge in [0.25, 0.3) is 5.56 Å². The molecule has 102 valence electrons. The molecule has 0 fully saturated rings. The molecule has 0 aliphatic heterocycles. The van der Waals surface area contributed by atoms with Gasteiger partial charge in [-0.05, 0) is 18.8 Å². The van der Waals surface area contributed by atoms with Crippen LogP contribution in [0.3, 0.4) is 0 Å². The van der Waals surface area contributed by atoms with Gasteiger partial charge in [0.2, 0.25) is 0 Å². The van der Waals surface area contributed by atoms with Crippen LogP contribution >= 0.6 is 0 Å². The van der Waals surface area contributed by atoms with E-state index >= 15 is 0 Å². The van der Waals surface area contributed by atoms with Gasteiger partial charge in [-0.2, -0.15) is 5.10 Å². The largest absolute Gasteiger partial charge is 0.372 e. The normalized spacial score (nSPS) is 10.9. The lowest BCUT2D eigenvalue weighted by atomic mass is 10.1. The van der Waals surface area contributed by atoms with Gasteiger partial charge in [-0.1, -0.05) is 13.8 Å². The van der Waals surface area contributed by atoms with Crippen molar-refractivity contribution in [3.8, 4) is 0 Å². The third-order valence-electron chi connectivity index (χ3n) is 2.91. The molecule has 0 aromatic carbocycles. The number of likely N-dealkylation sites (N-methyl/N-ethyl adjacent to an activating group) is 1. The average Bonchev–Trinajstić information content (AvgIpc) is 2.31. The summed E-state index contributed by atoms with van der Waals surface area (Å²) in [6.07, 6.45) is 3.83. The van der Waals surface area contributed by atoms with Crippen molar-refractivity contribution >= 4 is 5.69 Å². The van der Waals surface area contributed by atoms with Crippen molar-refractivity contribution in [3.05, 3.63) is 22.6 Å². The van der Waals surface area contributed by atoms with Gasteiger partial charge in [0.05, 0.1) is 11.9 Å². The first-order valence-corrected chi connectivity index (χ1v) is 6.53. The number of aromatic nitrogens is 2. The van der Waals surface area contributed by atoms with E-state index < -0.39 is 0 Å². The summed E-state index contributed by atoms with van der Waals surface area (Å²) in [7, 11) is 1.91. The zero-order valence-electron chi connectivity index (χ0n) is 11.6. The molecule has 18 heavy (non-hydrogen) atoms. The second-order valence-electron chi connectivity index (χ2n) is 5.02. The Hall–Kier alpha value is -1.36. The van der Waals surface area contributed by atoms with Gasteiger partial charge < -0.3 is 10.6 Å². The van der Waals surface area contributed by atoms with E-state index in [1.807, 2.05) is 11.9 Å². The van der Waals surface area contributed by atoms with Crippen molar-refractivity contribution in [1.29, 1.82) is 0 Å². The first-order chi connectivity index (χ1) is 8.54. The van der Waals surface area contributed by atoms with E-state index in [1.54, 1.807) is 12.3 Å². The topological polar surface area (TPSA) is 64.2 Å². The maximum atomic E-state index is 11.9.